The van der Waals surface area contributed by atoms with E-state index in [9.17, 15) is 0 Å². The molecule has 96 valence electrons. The van der Waals surface area contributed by atoms with Gasteiger partial charge in [-0.25, -0.2) is 0 Å². The van der Waals surface area contributed by atoms with E-state index in [0.717, 1.165) is 24.2 Å². The summed E-state index contributed by atoms with van der Waals surface area (Å²) in [5.74, 6) is 2.48. The van der Waals surface area contributed by atoms with Gasteiger partial charge in [-0.2, -0.15) is 5.10 Å². The van der Waals surface area contributed by atoms with Crippen molar-refractivity contribution in [3.05, 3.63) is 18.0 Å². The van der Waals surface area contributed by atoms with Gasteiger partial charge in [-0.1, -0.05) is 29.8 Å². The molecule has 1 aliphatic rings. The lowest BCUT2D eigenvalue weighted by molar-refractivity contribution is 0.222. The Morgan fingerprint density at radius 2 is 2.24 bits per heavy atom. The first kappa shape index (κ1) is 13.1. The number of alkyl halides is 1. The lowest BCUT2D eigenvalue weighted by Gasteiger charge is -2.35. The molecule has 0 radical (unpaired) electrons. The second-order valence-corrected chi connectivity index (χ2v) is 6.95. The van der Waals surface area contributed by atoms with E-state index >= 15 is 0 Å². The molecule has 0 N–H and O–H groups in total. The van der Waals surface area contributed by atoms with E-state index in [0.29, 0.717) is 4.83 Å². The zero-order valence-corrected chi connectivity index (χ0v) is 12.7. The molecular weight excluding hydrogens is 276 g/mol. The van der Waals surface area contributed by atoms with E-state index in [1.165, 1.54) is 25.0 Å². The summed E-state index contributed by atoms with van der Waals surface area (Å²) in [5.41, 5.74) is 1.24. The Hall–Kier alpha value is -0.310. The molecular formula is C14H23BrN2. The molecule has 1 aromatic rings. The maximum atomic E-state index is 4.50. The van der Waals surface area contributed by atoms with Gasteiger partial charge in [-0.05, 0) is 49.5 Å². The second-order valence-electron chi connectivity index (χ2n) is 5.78. The van der Waals surface area contributed by atoms with Gasteiger partial charge in [0.15, 0.2) is 0 Å². The first-order valence-corrected chi connectivity index (χ1v) is 7.60. The van der Waals surface area contributed by atoms with E-state index in [-0.39, 0.29) is 0 Å². The van der Waals surface area contributed by atoms with Gasteiger partial charge < -0.3 is 0 Å². The quantitative estimate of drug-likeness (QED) is 0.776. The fourth-order valence-corrected chi connectivity index (χ4v) is 3.59. The van der Waals surface area contributed by atoms with Crippen molar-refractivity contribution in [1.82, 2.24) is 9.78 Å². The fourth-order valence-electron chi connectivity index (χ4n) is 2.92. The number of hydrogen-bond acceptors (Lipinski definition) is 1. The molecule has 17 heavy (non-hydrogen) atoms. The van der Waals surface area contributed by atoms with E-state index in [1.807, 2.05) is 17.9 Å². The maximum Gasteiger partial charge on any atom is 0.0627 e. The van der Waals surface area contributed by atoms with Gasteiger partial charge in [0, 0.05) is 18.1 Å². The first-order chi connectivity index (χ1) is 8.06. The van der Waals surface area contributed by atoms with Crippen LogP contribution in [0.2, 0.25) is 0 Å². The number of rotatable bonds is 3. The van der Waals surface area contributed by atoms with Gasteiger partial charge in [0.05, 0.1) is 5.69 Å². The molecule has 3 heteroatoms. The molecule has 1 aliphatic carbocycles. The number of halogens is 1. The van der Waals surface area contributed by atoms with Gasteiger partial charge in [0.1, 0.15) is 0 Å². The van der Waals surface area contributed by atoms with E-state index in [1.54, 1.807) is 0 Å². The van der Waals surface area contributed by atoms with Crippen LogP contribution in [0.3, 0.4) is 0 Å². The monoisotopic (exact) mass is 298 g/mol. The fraction of sp³-hybridized carbons (Fsp3) is 0.786. The van der Waals surface area contributed by atoms with Crippen LogP contribution in [0.15, 0.2) is 12.3 Å². The number of nitrogens with zero attached hydrogens (tertiary/aromatic N) is 2. The number of aromatic nitrogens is 2. The highest BCUT2D eigenvalue weighted by Gasteiger charge is 2.30. The Kier molecular flexibility index (Phi) is 4.29. The van der Waals surface area contributed by atoms with Crippen LogP contribution < -0.4 is 0 Å². The average Bonchev–Trinajstić information content (AvgIpc) is 2.67. The van der Waals surface area contributed by atoms with Crippen LogP contribution in [0.4, 0.5) is 0 Å². The van der Waals surface area contributed by atoms with Crippen LogP contribution in [-0.4, -0.2) is 14.6 Å². The van der Waals surface area contributed by atoms with E-state index in [2.05, 4.69) is 40.9 Å². The van der Waals surface area contributed by atoms with Crippen molar-refractivity contribution in [3.63, 3.8) is 0 Å². The third-order valence-electron chi connectivity index (χ3n) is 4.11. The molecule has 2 rings (SSSR count). The third kappa shape index (κ3) is 3.34. The molecule has 1 aromatic heterocycles. The van der Waals surface area contributed by atoms with Crippen molar-refractivity contribution in [2.24, 2.45) is 24.8 Å². The second kappa shape index (κ2) is 5.55. The molecule has 0 aromatic carbocycles. The van der Waals surface area contributed by atoms with Crippen molar-refractivity contribution in [1.29, 1.82) is 0 Å². The zero-order chi connectivity index (χ0) is 12.4. The molecule has 0 spiro atoms. The zero-order valence-electron chi connectivity index (χ0n) is 11.1. The standard InChI is InChI=1S/C14H23BrN2/c1-10(2)11-4-5-14(15)12(8-11)9-13-6-7-17(3)16-13/h6-7,10-12,14H,4-5,8-9H2,1-3H3. The molecule has 1 fully saturated rings. The molecule has 1 saturated carbocycles. The van der Waals surface area contributed by atoms with Crippen molar-refractivity contribution < 1.29 is 0 Å². The van der Waals surface area contributed by atoms with Crippen molar-refractivity contribution in [2.75, 3.05) is 0 Å². The summed E-state index contributed by atoms with van der Waals surface area (Å²) >= 11 is 3.86. The van der Waals surface area contributed by atoms with Gasteiger partial charge in [0.2, 0.25) is 0 Å². The minimum absolute atomic E-state index is 0.680. The highest BCUT2D eigenvalue weighted by molar-refractivity contribution is 9.09. The van der Waals surface area contributed by atoms with Crippen LogP contribution in [0.25, 0.3) is 0 Å². The topological polar surface area (TPSA) is 17.8 Å². The highest BCUT2D eigenvalue weighted by Crippen LogP contribution is 2.38. The lowest BCUT2D eigenvalue weighted by Crippen LogP contribution is -2.29. The van der Waals surface area contributed by atoms with Crippen LogP contribution in [0.1, 0.15) is 38.8 Å². The Morgan fingerprint density at radius 1 is 1.47 bits per heavy atom. The Balaban J connectivity index is 1.98. The lowest BCUT2D eigenvalue weighted by atomic mass is 9.75. The summed E-state index contributed by atoms with van der Waals surface area (Å²) in [6.45, 7) is 4.72. The summed E-state index contributed by atoms with van der Waals surface area (Å²) < 4.78 is 1.90. The predicted octanol–water partition coefficient (Wildman–Crippen LogP) is 3.80. The largest absolute Gasteiger partial charge is 0.276 e. The van der Waals surface area contributed by atoms with Gasteiger partial charge in [-0.15, -0.1) is 0 Å². The van der Waals surface area contributed by atoms with Gasteiger partial charge in [-0.3, -0.25) is 4.68 Å². The summed E-state index contributed by atoms with van der Waals surface area (Å²) in [6, 6.07) is 2.15. The molecule has 0 aliphatic heterocycles. The highest BCUT2D eigenvalue weighted by atomic mass is 79.9. The predicted molar refractivity (Wildman–Crippen MR) is 75.3 cm³/mol. The molecule has 1 heterocycles. The minimum atomic E-state index is 0.680. The summed E-state index contributed by atoms with van der Waals surface area (Å²) in [6.07, 6.45) is 7.22. The summed E-state index contributed by atoms with van der Waals surface area (Å²) in [4.78, 5) is 0.680. The third-order valence-corrected chi connectivity index (χ3v) is 5.32. The smallest absolute Gasteiger partial charge is 0.0627 e. The number of hydrogen-bond donors (Lipinski definition) is 0. The Morgan fingerprint density at radius 3 is 2.82 bits per heavy atom. The molecule has 2 nitrogen and oxygen atoms in total. The Labute approximate surface area is 113 Å². The summed E-state index contributed by atoms with van der Waals surface area (Å²) in [7, 11) is 1.99. The van der Waals surface area contributed by atoms with Crippen LogP contribution >= 0.6 is 15.9 Å². The van der Waals surface area contributed by atoms with Gasteiger partial charge >= 0.3 is 0 Å². The van der Waals surface area contributed by atoms with Crippen LogP contribution in [0.5, 0.6) is 0 Å². The maximum absolute atomic E-state index is 4.50. The first-order valence-electron chi connectivity index (χ1n) is 6.69. The van der Waals surface area contributed by atoms with Crippen molar-refractivity contribution >= 4 is 15.9 Å². The Bertz CT molecular complexity index is 359. The van der Waals surface area contributed by atoms with Crippen molar-refractivity contribution in [2.45, 2.75) is 44.4 Å². The van der Waals surface area contributed by atoms with Crippen LogP contribution in [-0.2, 0) is 13.5 Å². The minimum Gasteiger partial charge on any atom is -0.276 e. The molecule has 0 saturated heterocycles. The van der Waals surface area contributed by atoms with Crippen molar-refractivity contribution in [3.8, 4) is 0 Å². The molecule has 0 amide bonds. The summed E-state index contributed by atoms with van der Waals surface area (Å²) in [5, 5.41) is 4.50. The molecule has 3 atom stereocenters. The SMILES string of the molecule is CC(C)C1CCC(Br)C(Cc2ccn(C)n2)C1. The van der Waals surface area contributed by atoms with E-state index in [4.69, 9.17) is 0 Å². The molecule has 3 unspecified atom stereocenters. The molecule has 0 bridgehead atoms. The average molecular weight is 299 g/mol. The number of aryl methyl sites for hydroxylation is 1. The van der Waals surface area contributed by atoms with Gasteiger partial charge in [0.25, 0.3) is 0 Å². The van der Waals surface area contributed by atoms with Crippen LogP contribution in [0, 0.1) is 17.8 Å². The normalized spacial score (nSPS) is 29.8. The van der Waals surface area contributed by atoms with E-state index < -0.39 is 0 Å².